The SMILES string of the molecule is CS(=O)(=O)c1cccc(C(O)Cc2ccc(F)c(Br)c2)c1. The Labute approximate surface area is 131 Å². The summed E-state index contributed by atoms with van der Waals surface area (Å²) in [6, 6.07) is 10.7. The van der Waals surface area contributed by atoms with Gasteiger partial charge in [-0.25, -0.2) is 12.8 Å². The predicted octanol–water partition coefficient (Wildman–Crippen LogP) is 3.27. The zero-order chi connectivity index (χ0) is 15.6. The van der Waals surface area contributed by atoms with Crippen LogP contribution < -0.4 is 0 Å². The molecule has 112 valence electrons. The maximum Gasteiger partial charge on any atom is 0.175 e. The first-order chi connectivity index (χ1) is 9.77. The molecule has 2 rings (SSSR count). The summed E-state index contributed by atoms with van der Waals surface area (Å²) in [5, 5.41) is 10.2. The van der Waals surface area contributed by atoms with Crippen LogP contribution in [0.2, 0.25) is 0 Å². The molecule has 0 aromatic heterocycles. The van der Waals surface area contributed by atoms with Gasteiger partial charge in [0.15, 0.2) is 9.84 Å². The minimum atomic E-state index is -3.31. The van der Waals surface area contributed by atoms with Crippen molar-refractivity contribution in [2.75, 3.05) is 6.26 Å². The van der Waals surface area contributed by atoms with Crippen LogP contribution in [0.4, 0.5) is 4.39 Å². The Kier molecular flexibility index (Phi) is 4.81. The van der Waals surface area contributed by atoms with Crippen molar-refractivity contribution in [1.82, 2.24) is 0 Å². The van der Waals surface area contributed by atoms with Crippen LogP contribution in [-0.4, -0.2) is 19.8 Å². The Bertz CT molecular complexity index is 759. The van der Waals surface area contributed by atoms with E-state index in [2.05, 4.69) is 15.9 Å². The quantitative estimate of drug-likeness (QED) is 0.895. The summed E-state index contributed by atoms with van der Waals surface area (Å²) in [6.45, 7) is 0. The summed E-state index contributed by atoms with van der Waals surface area (Å²) >= 11 is 3.09. The van der Waals surface area contributed by atoms with Crippen molar-refractivity contribution in [2.45, 2.75) is 17.4 Å². The van der Waals surface area contributed by atoms with Gasteiger partial charge in [0.25, 0.3) is 0 Å². The van der Waals surface area contributed by atoms with Crippen molar-refractivity contribution in [3.63, 3.8) is 0 Å². The van der Waals surface area contributed by atoms with E-state index < -0.39 is 15.9 Å². The highest BCUT2D eigenvalue weighted by molar-refractivity contribution is 9.10. The van der Waals surface area contributed by atoms with Crippen LogP contribution >= 0.6 is 15.9 Å². The van der Waals surface area contributed by atoms with Gasteiger partial charge in [-0.05, 0) is 51.3 Å². The molecule has 0 fully saturated rings. The Balaban J connectivity index is 2.24. The van der Waals surface area contributed by atoms with Gasteiger partial charge in [0, 0.05) is 12.7 Å². The van der Waals surface area contributed by atoms with E-state index in [0.717, 1.165) is 11.8 Å². The zero-order valence-corrected chi connectivity index (χ0v) is 13.7. The van der Waals surface area contributed by atoms with Crippen molar-refractivity contribution in [3.8, 4) is 0 Å². The summed E-state index contributed by atoms with van der Waals surface area (Å²) in [7, 11) is -3.31. The molecule has 1 unspecified atom stereocenters. The highest BCUT2D eigenvalue weighted by Crippen LogP contribution is 2.24. The van der Waals surface area contributed by atoms with Crippen molar-refractivity contribution in [1.29, 1.82) is 0 Å². The standard InChI is InChI=1S/C15H14BrFO3S/c1-21(19,20)12-4-2-3-11(9-12)15(18)8-10-5-6-14(17)13(16)7-10/h2-7,9,15,18H,8H2,1H3. The van der Waals surface area contributed by atoms with Gasteiger partial charge in [-0.1, -0.05) is 18.2 Å². The number of sulfone groups is 1. The van der Waals surface area contributed by atoms with E-state index in [1.165, 1.54) is 18.2 Å². The number of rotatable bonds is 4. The Hall–Kier alpha value is -1.24. The molecule has 0 aliphatic carbocycles. The van der Waals surface area contributed by atoms with Crippen molar-refractivity contribution in [2.24, 2.45) is 0 Å². The number of hydrogen-bond acceptors (Lipinski definition) is 3. The second-order valence-corrected chi connectivity index (χ2v) is 7.68. The molecule has 2 aromatic rings. The number of aliphatic hydroxyl groups is 1. The van der Waals surface area contributed by atoms with Gasteiger partial charge in [-0.3, -0.25) is 0 Å². The van der Waals surface area contributed by atoms with Gasteiger partial charge in [0.2, 0.25) is 0 Å². The van der Waals surface area contributed by atoms with E-state index >= 15 is 0 Å². The largest absolute Gasteiger partial charge is 0.388 e. The lowest BCUT2D eigenvalue weighted by molar-refractivity contribution is 0.178. The van der Waals surface area contributed by atoms with Gasteiger partial charge in [0.1, 0.15) is 5.82 Å². The first-order valence-electron chi connectivity index (χ1n) is 6.19. The van der Waals surface area contributed by atoms with Gasteiger partial charge in [-0.15, -0.1) is 0 Å². The topological polar surface area (TPSA) is 54.4 Å². The third-order valence-corrected chi connectivity index (χ3v) is 4.80. The Morgan fingerprint density at radius 3 is 2.57 bits per heavy atom. The molecule has 0 saturated carbocycles. The van der Waals surface area contributed by atoms with Crippen LogP contribution in [0, 0.1) is 5.82 Å². The lowest BCUT2D eigenvalue weighted by atomic mass is 10.0. The first-order valence-corrected chi connectivity index (χ1v) is 8.88. The second kappa shape index (κ2) is 6.25. The smallest absolute Gasteiger partial charge is 0.175 e. The maximum absolute atomic E-state index is 13.2. The highest BCUT2D eigenvalue weighted by Gasteiger charge is 2.13. The molecule has 0 saturated heterocycles. The van der Waals surface area contributed by atoms with Crippen LogP contribution in [0.15, 0.2) is 51.8 Å². The fourth-order valence-corrected chi connectivity index (χ4v) is 3.06. The fourth-order valence-electron chi connectivity index (χ4n) is 1.96. The summed E-state index contributed by atoms with van der Waals surface area (Å²) in [5.41, 5.74) is 1.26. The first kappa shape index (κ1) is 16.1. The second-order valence-electron chi connectivity index (χ2n) is 4.81. The number of hydrogen-bond donors (Lipinski definition) is 1. The Morgan fingerprint density at radius 1 is 1.24 bits per heavy atom. The van der Waals surface area contributed by atoms with Crippen LogP contribution in [0.25, 0.3) is 0 Å². The molecule has 1 N–H and O–H groups in total. The zero-order valence-electron chi connectivity index (χ0n) is 11.3. The maximum atomic E-state index is 13.2. The van der Waals surface area contributed by atoms with Gasteiger partial charge < -0.3 is 5.11 Å². The van der Waals surface area contributed by atoms with Gasteiger partial charge >= 0.3 is 0 Å². The molecule has 0 heterocycles. The summed E-state index contributed by atoms with van der Waals surface area (Å²) < 4.78 is 36.5. The molecule has 3 nitrogen and oxygen atoms in total. The monoisotopic (exact) mass is 372 g/mol. The molecule has 2 aromatic carbocycles. The van der Waals surface area contributed by atoms with E-state index in [1.54, 1.807) is 24.3 Å². The third-order valence-electron chi connectivity index (χ3n) is 3.08. The van der Waals surface area contributed by atoms with Crippen LogP contribution in [0.1, 0.15) is 17.2 Å². The van der Waals surface area contributed by atoms with Gasteiger partial charge in [-0.2, -0.15) is 0 Å². The lowest BCUT2D eigenvalue weighted by Crippen LogP contribution is -2.04. The third kappa shape index (κ3) is 4.12. The normalized spacial score (nSPS) is 13.1. The molecular weight excluding hydrogens is 359 g/mol. The van der Waals surface area contributed by atoms with Crippen molar-refractivity contribution < 1.29 is 17.9 Å². The Morgan fingerprint density at radius 2 is 1.95 bits per heavy atom. The predicted molar refractivity (Wildman–Crippen MR) is 82.3 cm³/mol. The minimum Gasteiger partial charge on any atom is -0.388 e. The van der Waals surface area contributed by atoms with E-state index in [0.29, 0.717) is 10.0 Å². The van der Waals surface area contributed by atoms with Crippen LogP contribution in [0.5, 0.6) is 0 Å². The molecule has 21 heavy (non-hydrogen) atoms. The average molecular weight is 373 g/mol. The average Bonchev–Trinajstić information content (AvgIpc) is 2.42. The molecule has 0 aliphatic rings. The summed E-state index contributed by atoms with van der Waals surface area (Å²) in [4.78, 5) is 0.166. The molecule has 0 spiro atoms. The molecule has 1 atom stereocenters. The minimum absolute atomic E-state index is 0.166. The van der Waals surface area contributed by atoms with E-state index in [9.17, 15) is 17.9 Å². The van der Waals surface area contributed by atoms with Crippen LogP contribution in [0.3, 0.4) is 0 Å². The van der Waals surface area contributed by atoms with E-state index in [4.69, 9.17) is 0 Å². The fraction of sp³-hybridized carbons (Fsp3) is 0.200. The van der Waals surface area contributed by atoms with E-state index in [1.807, 2.05) is 0 Å². The number of aliphatic hydroxyl groups excluding tert-OH is 1. The van der Waals surface area contributed by atoms with Crippen LogP contribution in [-0.2, 0) is 16.3 Å². The lowest BCUT2D eigenvalue weighted by Gasteiger charge is -2.12. The number of halogens is 2. The summed E-state index contributed by atoms with van der Waals surface area (Å²) in [5.74, 6) is -0.368. The molecule has 0 radical (unpaired) electrons. The molecule has 0 amide bonds. The van der Waals surface area contributed by atoms with E-state index in [-0.39, 0.29) is 17.1 Å². The molecule has 0 bridgehead atoms. The number of benzene rings is 2. The van der Waals surface area contributed by atoms with Crippen molar-refractivity contribution in [3.05, 3.63) is 63.9 Å². The van der Waals surface area contributed by atoms with Gasteiger partial charge in [0.05, 0.1) is 15.5 Å². The molecule has 0 aliphatic heterocycles. The molecule has 6 heteroatoms. The van der Waals surface area contributed by atoms with Crippen molar-refractivity contribution >= 4 is 25.8 Å². The summed E-state index contributed by atoms with van der Waals surface area (Å²) in [6.07, 6.45) is 0.533. The highest BCUT2D eigenvalue weighted by atomic mass is 79.9. The molecular formula is C15H14BrFO3S.